The highest BCUT2D eigenvalue weighted by molar-refractivity contribution is 6.27. The number of aromatic nitrogens is 2. The van der Waals surface area contributed by atoms with E-state index in [4.69, 9.17) is 11.6 Å². The molecular formula is C8H12ClN3O. The Morgan fingerprint density at radius 3 is 3.08 bits per heavy atom. The maximum Gasteiger partial charge on any atom is 0.234 e. The number of carbonyl (C=O) groups excluding carboxylic acids is 1. The molecule has 1 aromatic rings. The molecule has 0 aromatic carbocycles. The van der Waals surface area contributed by atoms with Gasteiger partial charge >= 0.3 is 0 Å². The Kier molecular flexibility index (Phi) is 3.76. The average Bonchev–Trinajstić information content (AvgIpc) is 2.51. The number of nitrogens with zero attached hydrogens (tertiary/aromatic N) is 2. The fourth-order valence-electron chi connectivity index (χ4n) is 0.946. The van der Waals surface area contributed by atoms with E-state index in [0.717, 1.165) is 5.56 Å². The lowest BCUT2D eigenvalue weighted by molar-refractivity contribution is -0.118. The van der Waals surface area contributed by atoms with E-state index in [1.165, 1.54) is 0 Å². The van der Waals surface area contributed by atoms with Crippen molar-refractivity contribution in [1.82, 2.24) is 15.1 Å². The van der Waals surface area contributed by atoms with Gasteiger partial charge < -0.3 is 5.32 Å². The third kappa shape index (κ3) is 3.46. The maximum absolute atomic E-state index is 10.7. The molecule has 0 bridgehead atoms. The van der Waals surface area contributed by atoms with Crippen LogP contribution in [0.5, 0.6) is 0 Å². The molecule has 0 aliphatic carbocycles. The molecule has 1 N–H and O–H groups in total. The van der Waals surface area contributed by atoms with E-state index < -0.39 is 0 Å². The minimum atomic E-state index is -0.148. The van der Waals surface area contributed by atoms with Crippen LogP contribution in [0.25, 0.3) is 0 Å². The van der Waals surface area contributed by atoms with Crippen LogP contribution < -0.4 is 5.32 Å². The van der Waals surface area contributed by atoms with Gasteiger partial charge in [0.15, 0.2) is 0 Å². The standard InChI is InChI=1S/C8H12ClN3O/c1-7-5-11-12(6-7)3-2-10-8(13)4-9/h5-6H,2-4H2,1H3,(H,10,13). The minimum absolute atomic E-state index is 0.0120. The summed E-state index contributed by atoms with van der Waals surface area (Å²) in [5, 5.41) is 6.73. The average molecular weight is 202 g/mol. The fraction of sp³-hybridized carbons (Fsp3) is 0.500. The Labute approximate surface area is 81.9 Å². The Hall–Kier alpha value is -1.03. The predicted molar refractivity (Wildman–Crippen MR) is 50.7 cm³/mol. The normalized spacial score (nSPS) is 10.0. The molecule has 0 aliphatic heterocycles. The SMILES string of the molecule is Cc1cnn(CCNC(=O)CCl)c1. The van der Waals surface area contributed by atoms with Gasteiger partial charge in [0.2, 0.25) is 5.91 Å². The third-order valence-corrected chi connectivity index (χ3v) is 1.79. The van der Waals surface area contributed by atoms with Crippen molar-refractivity contribution in [3.05, 3.63) is 18.0 Å². The summed E-state index contributed by atoms with van der Waals surface area (Å²) in [6, 6.07) is 0. The van der Waals surface area contributed by atoms with Crippen molar-refractivity contribution in [2.45, 2.75) is 13.5 Å². The highest BCUT2D eigenvalue weighted by atomic mass is 35.5. The molecule has 5 heteroatoms. The molecule has 0 unspecified atom stereocenters. The van der Waals surface area contributed by atoms with Gasteiger partial charge in [0.1, 0.15) is 5.88 Å². The number of rotatable bonds is 4. The van der Waals surface area contributed by atoms with Crippen molar-refractivity contribution in [3.63, 3.8) is 0 Å². The van der Waals surface area contributed by atoms with Crippen LogP contribution in [0.1, 0.15) is 5.56 Å². The van der Waals surface area contributed by atoms with Crippen molar-refractivity contribution >= 4 is 17.5 Å². The maximum atomic E-state index is 10.7. The molecule has 0 saturated carbocycles. The Bertz CT molecular complexity index is 285. The molecule has 13 heavy (non-hydrogen) atoms. The number of nitrogens with one attached hydrogen (secondary N) is 1. The van der Waals surface area contributed by atoms with Gasteiger partial charge in [-0.25, -0.2) is 0 Å². The van der Waals surface area contributed by atoms with Crippen LogP contribution in [-0.4, -0.2) is 28.1 Å². The van der Waals surface area contributed by atoms with Crippen molar-refractivity contribution in [3.8, 4) is 0 Å². The fourth-order valence-corrected chi connectivity index (χ4v) is 1.04. The van der Waals surface area contributed by atoms with Crippen LogP contribution in [0.4, 0.5) is 0 Å². The zero-order valence-electron chi connectivity index (χ0n) is 7.46. The molecule has 1 aromatic heterocycles. The van der Waals surface area contributed by atoms with E-state index in [2.05, 4.69) is 10.4 Å². The number of hydrogen-bond donors (Lipinski definition) is 1. The number of alkyl halides is 1. The quantitative estimate of drug-likeness (QED) is 0.724. The molecule has 1 rings (SSSR count). The molecule has 0 fully saturated rings. The lowest BCUT2D eigenvalue weighted by Gasteiger charge is -2.02. The molecular weight excluding hydrogens is 190 g/mol. The van der Waals surface area contributed by atoms with Crippen molar-refractivity contribution in [1.29, 1.82) is 0 Å². The molecule has 0 spiro atoms. The second-order valence-corrected chi connectivity index (χ2v) is 3.03. The van der Waals surface area contributed by atoms with Gasteiger partial charge in [-0.3, -0.25) is 9.48 Å². The summed E-state index contributed by atoms with van der Waals surface area (Å²) in [6.07, 6.45) is 3.70. The van der Waals surface area contributed by atoms with Crippen molar-refractivity contribution in [2.75, 3.05) is 12.4 Å². The molecule has 0 saturated heterocycles. The minimum Gasteiger partial charge on any atom is -0.353 e. The molecule has 1 heterocycles. The van der Waals surface area contributed by atoms with E-state index in [1.54, 1.807) is 10.9 Å². The number of amides is 1. The number of halogens is 1. The first kappa shape index (κ1) is 10.1. The zero-order valence-corrected chi connectivity index (χ0v) is 8.21. The first-order chi connectivity index (χ1) is 6.22. The van der Waals surface area contributed by atoms with Gasteiger partial charge in [-0.1, -0.05) is 0 Å². The lowest BCUT2D eigenvalue weighted by atomic mass is 10.4. The molecule has 4 nitrogen and oxygen atoms in total. The van der Waals surface area contributed by atoms with Gasteiger partial charge in [-0.05, 0) is 12.5 Å². The Morgan fingerprint density at radius 1 is 1.77 bits per heavy atom. The summed E-state index contributed by atoms with van der Waals surface area (Å²) in [5.74, 6) is -0.136. The second kappa shape index (κ2) is 4.87. The summed E-state index contributed by atoms with van der Waals surface area (Å²) >= 11 is 5.30. The smallest absolute Gasteiger partial charge is 0.234 e. The molecule has 0 radical (unpaired) electrons. The molecule has 0 atom stereocenters. The van der Waals surface area contributed by atoms with Crippen LogP contribution in [0.15, 0.2) is 12.4 Å². The van der Waals surface area contributed by atoms with E-state index in [1.807, 2.05) is 13.1 Å². The van der Waals surface area contributed by atoms with Gasteiger partial charge in [0, 0.05) is 12.7 Å². The Balaban J connectivity index is 2.24. The lowest BCUT2D eigenvalue weighted by Crippen LogP contribution is -2.28. The van der Waals surface area contributed by atoms with Crippen LogP contribution in [0, 0.1) is 6.92 Å². The molecule has 72 valence electrons. The first-order valence-corrected chi connectivity index (χ1v) is 4.57. The third-order valence-electron chi connectivity index (χ3n) is 1.55. The topological polar surface area (TPSA) is 46.9 Å². The van der Waals surface area contributed by atoms with Gasteiger partial charge in [0.25, 0.3) is 0 Å². The summed E-state index contributed by atoms with van der Waals surface area (Å²) in [5.41, 5.74) is 1.11. The Morgan fingerprint density at radius 2 is 2.54 bits per heavy atom. The highest BCUT2D eigenvalue weighted by Crippen LogP contribution is 1.92. The number of hydrogen-bond acceptors (Lipinski definition) is 2. The number of carbonyl (C=O) groups is 1. The van der Waals surface area contributed by atoms with Gasteiger partial charge in [-0.2, -0.15) is 5.10 Å². The predicted octanol–water partition coefficient (Wildman–Crippen LogP) is 0.547. The largest absolute Gasteiger partial charge is 0.353 e. The molecule has 1 amide bonds. The monoisotopic (exact) mass is 201 g/mol. The number of aryl methyl sites for hydroxylation is 1. The van der Waals surface area contributed by atoms with E-state index in [0.29, 0.717) is 13.1 Å². The van der Waals surface area contributed by atoms with E-state index in [9.17, 15) is 4.79 Å². The molecule has 0 aliphatic rings. The van der Waals surface area contributed by atoms with Crippen LogP contribution >= 0.6 is 11.6 Å². The van der Waals surface area contributed by atoms with E-state index in [-0.39, 0.29) is 11.8 Å². The summed E-state index contributed by atoms with van der Waals surface area (Å²) < 4.78 is 1.78. The summed E-state index contributed by atoms with van der Waals surface area (Å²) in [7, 11) is 0. The van der Waals surface area contributed by atoms with Crippen LogP contribution in [0.2, 0.25) is 0 Å². The first-order valence-electron chi connectivity index (χ1n) is 4.04. The van der Waals surface area contributed by atoms with Crippen molar-refractivity contribution < 1.29 is 4.79 Å². The van der Waals surface area contributed by atoms with Gasteiger partial charge in [0.05, 0.1) is 12.7 Å². The van der Waals surface area contributed by atoms with E-state index >= 15 is 0 Å². The van der Waals surface area contributed by atoms with Crippen LogP contribution in [0.3, 0.4) is 0 Å². The summed E-state index contributed by atoms with van der Waals surface area (Å²) in [4.78, 5) is 10.7. The highest BCUT2D eigenvalue weighted by Gasteiger charge is 1.97. The second-order valence-electron chi connectivity index (χ2n) is 2.76. The zero-order chi connectivity index (χ0) is 9.68. The van der Waals surface area contributed by atoms with Crippen molar-refractivity contribution in [2.24, 2.45) is 0 Å². The summed E-state index contributed by atoms with van der Waals surface area (Å²) in [6.45, 7) is 3.21. The van der Waals surface area contributed by atoms with Crippen LogP contribution in [-0.2, 0) is 11.3 Å². The van der Waals surface area contributed by atoms with Gasteiger partial charge in [-0.15, -0.1) is 11.6 Å².